The van der Waals surface area contributed by atoms with Crippen molar-refractivity contribution in [3.63, 3.8) is 0 Å². The van der Waals surface area contributed by atoms with Crippen molar-refractivity contribution in [2.45, 2.75) is 43.7 Å². The minimum Gasteiger partial charge on any atom is -0.387 e. The van der Waals surface area contributed by atoms with E-state index in [1.54, 1.807) is 6.92 Å². The zero-order chi connectivity index (χ0) is 15.4. The normalized spacial score (nSPS) is 49.4. The van der Waals surface area contributed by atoms with E-state index in [0.29, 0.717) is 0 Å². The number of nitrogens with zero attached hydrogens (tertiary/aromatic N) is 2. The van der Waals surface area contributed by atoms with Crippen LogP contribution >= 0.6 is 7.60 Å². The van der Waals surface area contributed by atoms with Crippen molar-refractivity contribution in [1.82, 2.24) is 4.90 Å². The van der Waals surface area contributed by atoms with Gasteiger partial charge in [-0.05, 0) is 6.92 Å². The van der Waals surface area contributed by atoms with Gasteiger partial charge in [0, 0.05) is 6.66 Å². The Morgan fingerprint density at radius 2 is 2.14 bits per heavy atom. The van der Waals surface area contributed by atoms with Crippen LogP contribution in [0.15, 0.2) is 17.1 Å². The third kappa shape index (κ3) is 2.56. The van der Waals surface area contributed by atoms with Gasteiger partial charge >= 0.3 is 7.60 Å². The molecule has 7 atom stereocenters. The van der Waals surface area contributed by atoms with E-state index >= 15 is 0 Å². The molecule has 0 aromatic carbocycles. The molecule has 7 unspecified atom stereocenters. The Morgan fingerprint density at radius 1 is 1.43 bits per heavy atom. The van der Waals surface area contributed by atoms with Crippen molar-refractivity contribution in [3.05, 3.63) is 12.2 Å². The Bertz CT molecular complexity index is 526. The minimum atomic E-state index is -3.34. The molecule has 0 amide bonds. The lowest BCUT2D eigenvalue weighted by Gasteiger charge is -2.34. The second-order valence-corrected chi connectivity index (χ2v) is 7.62. The SMILES string of the molecule is C=C(C)C1N=CN2C1OP(C)(=O)OCC1OC2C(O)C1O. The van der Waals surface area contributed by atoms with Gasteiger partial charge in [0.25, 0.3) is 0 Å². The summed E-state index contributed by atoms with van der Waals surface area (Å²) < 4.78 is 28.9. The number of ether oxygens (including phenoxy) is 1. The fraction of sp³-hybridized carbons (Fsp3) is 0.750. The Labute approximate surface area is 122 Å². The van der Waals surface area contributed by atoms with Crippen LogP contribution in [0.4, 0.5) is 0 Å². The fourth-order valence-electron chi connectivity index (χ4n) is 2.69. The summed E-state index contributed by atoms with van der Waals surface area (Å²) in [6.07, 6.45) is -3.12. The van der Waals surface area contributed by atoms with Crippen LogP contribution in [-0.4, -0.2) is 71.5 Å². The Kier molecular flexibility index (Phi) is 3.72. The van der Waals surface area contributed by atoms with Gasteiger partial charge in [-0.25, -0.2) is 0 Å². The van der Waals surface area contributed by atoms with Crippen LogP contribution in [0.2, 0.25) is 0 Å². The smallest absolute Gasteiger partial charge is 0.329 e. The second-order valence-electron chi connectivity index (χ2n) is 5.61. The molecule has 0 radical (unpaired) electrons. The van der Waals surface area contributed by atoms with E-state index in [0.717, 1.165) is 5.57 Å². The second kappa shape index (κ2) is 5.15. The third-order valence-electron chi connectivity index (χ3n) is 3.83. The van der Waals surface area contributed by atoms with Gasteiger partial charge in [0.05, 0.1) is 12.9 Å². The summed E-state index contributed by atoms with van der Waals surface area (Å²) in [6.45, 7) is 6.88. The van der Waals surface area contributed by atoms with Crippen LogP contribution in [0, 0.1) is 0 Å². The van der Waals surface area contributed by atoms with Crippen molar-refractivity contribution in [2.75, 3.05) is 13.3 Å². The minimum absolute atomic E-state index is 0.113. The van der Waals surface area contributed by atoms with E-state index in [1.807, 2.05) is 0 Å². The molecule has 0 aromatic heterocycles. The first-order valence-electron chi connectivity index (χ1n) is 6.68. The van der Waals surface area contributed by atoms with Gasteiger partial charge < -0.3 is 24.4 Å². The van der Waals surface area contributed by atoms with Crippen LogP contribution in [0.1, 0.15) is 6.92 Å². The summed E-state index contributed by atoms with van der Waals surface area (Å²) in [6, 6.07) is -0.438. The summed E-state index contributed by atoms with van der Waals surface area (Å²) in [7, 11) is -3.34. The number of fused-ring (bicyclic) bond motifs is 4. The zero-order valence-corrected chi connectivity index (χ0v) is 12.7. The average molecular weight is 318 g/mol. The molecule has 0 spiro atoms. The molecule has 3 aliphatic heterocycles. The highest BCUT2D eigenvalue weighted by Crippen LogP contribution is 2.49. The molecule has 2 fully saturated rings. The number of hydrogen-bond acceptors (Lipinski definition) is 8. The molecule has 2 bridgehead atoms. The number of hydrogen-bond donors (Lipinski definition) is 2. The lowest BCUT2D eigenvalue weighted by molar-refractivity contribution is -0.0969. The maximum absolute atomic E-state index is 12.4. The Balaban J connectivity index is 1.96. The standard InChI is InChI=1S/C12H19N2O6P/c1-6(2)8-11-14(5-13-8)12-10(16)9(15)7(19-12)4-18-21(3,17)20-11/h5,7-12,15-16H,1,4H2,2-3H3. The van der Waals surface area contributed by atoms with Gasteiger partial charge in [-0.3, -0.25) is 14.1 Å². The van der Waals surface area contributed by atoms with Crippen molar-refractivity contribution < 1.29 is 28.6 Å². The number of aliphatic hydroxyl groups is 2. The Hall–Kier alpha value is -0.760. The molecule has 3 rings (SSSR count). The van der Waals surface area contributed by atoms with E-state index < -0.39 is 44.4 Å². The maximum atomic E-state index is 12.4. The lowest BCUT2D eigenvalue weighted by Crippen LogP contribution is -2.50. The topological polar surface area (TPSA) is 101 Å². The molecule has 3 heterocycles. The van der Waals surface area contributed by atoms with E-state index in [9.17, 15) is 14.8 Å². The van der Waals surface area contributed by atoms with E-state index in [4.69, 9.17) is 13.8 Å². The first kappa shape index (κ1) is 15.1. The predicted molar refractivity (Wildman–Crippen MR) is 74.0 cm³/mol. The third-order valence-corrected chi connectivity index (χ3v) is 5.05. The molecule has 0 aromatic rings. The van der Waals surface area contributed by atoms with Gasteiger partial charge in [-0.15, -0.1) is 0 Å². The van der Waals surface area contributed by atoms with Crippen LogP contribution in [0.5, 0.6) is 0 Å². The highest BCUT2D eigenvalue weighted by Gasteiger charge is 2.52. The van der Waals surface area contributed by atoms with Gasteiger partial charge in [-0.1, -0.05) is 12.2 Å². The fourth-order valence-corrected chi connectivity index (χ4v) is 3.79. The van der Waals surface area contributed by atoms with Crippen molar-refractivity contribution in [1.29, 1.82) is 0 Å². The van der Waals surface area contributed by atoms with E-state index in [1.165, 1.54) is 17.9 Å². The van der Waals surface area contributed by atoms with Crippen LogP contribution < -0.4 is 0 Å². The van der Waals surface area contributed by atoms with Gasteiger partial charge in [0.2, 0.25) is 0 Å². The van der Waals surface area contributed by atoms with Gasteiger partial charge in [-0.2, -0.15) is 0 Å². The van der Waals surface area contributed by atoms with E-state index in [-0.39, 0.29) is 6.61 Å². The number of aliphatic hydroxyl groups excluding tert-OH is 2. The molecule has 8 nitrogen and oxygen atoms in total. The van der Waals surface area contributed by atoms with Crippen molar-refractivity contribution in [3.8, 4) is 0 Å². The number of rotatable bonds is 1. The first-order chi connectivity index (χ1) is 9.80. The first-order valence-corrected chi connectivity index (χ1v) is 8.67. The average Bonchev–Trinajstić information content (AvgIpc) is 2.91. The summed E-state index contributed by atoms with van der Waals surface area (Å²) in [5.41, 5.74) is 0.725. The molecule has 118 valence electrons. The van der Waals surface area contributed by atoms with Crippen LogP contribution in [-0.2, 0) is 18.3 Å². The summed E-state index contributed by atoms with van der Waals surface area (Å²) in [5.74, 6) is 0. The van der Waals surface area contributed by atoms with Crippen LogP contribution in [0.25, 0.3) is 0 Å². The number of aliphatic imine (C=N–C) groups is 1. The summed E-state index contributed by atoms with van der Waals surface area (Å²) >= 11 is 0. The molecule has 2 saturated heterocycles. The molecule has 0 aliphatic carbocycles. The molecule has 0 saturated carbocycles. The quantitative estimate of drug-likeness (QED) is 0.515. The largest absolute Gasteiger partial charge is 0.387 e. The van der Waals surface area contributed by atoms with Crippen molar-refractivity contribution >= 4 is 13.9 Å². The molecular formula is C12H19N2O6P. The lowest BCUT2D eigenvalue weighted by atomic mass is 10.1. The van der Waals surface area contributed by atoms with Crippen molar-refractivity contribution in [2.24, 2.45) is 4.99 Å². The van der Waals surface area contributed by atoms with E-state index in [2.05, 4.69) is 11.6 Å². The Morgan fingerprint density at radius 3 is 2.81 bits per heavy atom. The maximum Gasteiger partial charge on any atom is 0.329 e. The molecule has 3 aliphatic rings. The molecule has 2 N–H and O–H groups in total. The summed E-state index contributed by atoms with van der Waals surface area (Å²) in [5, 5.41) is 20.1. The van der Waals surface area contributed by atoms with Crippen LogP contribution in [0.3, 0.4) is 0 Å². The predicted octanol–water partition coefficient (Wildman–Crippen LogP) is -0.0825. The monoisotopic (exact) mass is 318 g/mol. The highest BCUT2D eigenvalue weighted by molar-refractivity contribution is 7.53. The highest BCUT2D eigenvalue weighted by atomic mass is 31.2. The zero-order valence-electron chi connectivity index (χ0n) is 11.8. The van der Waals surface area contributed by atoms with Gasteiger partial charge in [0.15, 0.2) is 12.5 Å². The molecule has 21 heavy (non-hydrogen) atoms. The molecular weight excluding hydrogens is 299 g/mol. The summed E-state index contributed by atoms with van der Waals surface area (Å²) in [4.78, 5) is 5.79. The van der Waals surface area contributed by atoms with Gasteiger partial charge in [0.1, 0.15) is 24.4 Å². The molecule has 9 heteroatoms.